The summed E-state index contributed by atoms with van der Waals surface area (Å²) in [7, 11) is 0. The monoisotopic (exact) mass is 290 g/mol. The first kappa shape index (κ1) is 17.2. The first-order chi connectivity index (χ1) is 10.1. The molecule has 3 nitrogen and oxygen atoms in total. The molecule has 0 N–H and O–H groups in total. The molecule has 0 spiro atoms. The maximum atomic E-state index is 12.9. The van der Waals surface area contributed by atoms with Gasteiger partial charge in [0.05, 0.1) is 18.9 Å². The SMILES string of the molecule is CCC(CC)CN(CCC#N)C(=O)Cc1ccc(F)cc1. The van der Waals surface area contributed by atoms with E-state index in [9.17, 15) is 9.18 Å². The van der Waals surface area contributed by atoms with Crippen molar-refractivity contribution in [1.82, 2.24) is 4.90 Å². The van der Waals surface area contributed by atoms with E-state index in [2.05, 4.69) is 19.9 Å². The average molecular weight is 290 g/mol. The van der Waals surface area contributed by atoms with Gasteiger partial charge in [-0.3, -0.25) is 4.79 Å². The zero-order valence-corrected chi connectivity index (χ0v) is 12.8. The van der Waals surface area contributed by atoms with Gasteiger partial charge in [0, 0.05) is 13.1 Å². The Bertz CT molecular complexity index is 475. The highest BCUT2D eigenvalue weighted by molar-refractivity contribution is 5.78. The molecule has 1 aromatic rings. The number of nitrogens with zero attached hydrogens (tertiary/aromatic N) is 2. The van der Waals surface area contributed by atoms with E-state index in [1.54, 1.807) is 17.0 Å². The molecule has 0 fully saturated rings. The molecule has 4 heteroatoms. The lowest BCUT2D eigenvalue weighted by atomic mass is 10.0. The Hall–Kier alpha value is -1.89. The molecule has 1 rings (SSSR count). The second-order valence-electron chi connectivity index (χ2n) is 5.23. The number of nitriles is 1. The van der Waals surface area contributed by atoms with E-state index in [1.165, 1.54) is 12.1 Å². The summed E-state index contributed by atoms with van der Waals surface area (Å²) in [5, 5.41) is 8.74. The second kappa shape index (κ2) is 9.12. The highest BCUT2D eigenvalue weighted by Crippen LogP contribution is 2.12. The first-order valence-electron chi connectivity index (χ1n) is 7.49. The smallest absolute Gasteiger partial charge is 0.227 e. The predicted octanol–water partition coefficient (Wildman–Crippen LogP) is 3.55. The van der Waals surface area contributed by atoms with E-state index in [0.29, 0.717) is 25.4 Å². The normalized spacial score (nSPS) is 10.4. The molecule has 1 aromatic carbocycles. The largest absolute Gasteiger partial charge is 0.341 e. The topological polar surface area (TPSA) is 44.1 Å². The fourth-order valence-corrected chi connectivity index (χ4v) is 2.25. The summed E-state index contributed by atoms with van der Waals surface area (Å²) < 4.78 is 12.9. The molecule has 1 amide bonds. The summed E-state index contributed by atoms with van der Waals surface area (Å²) in [5.41, 5.74) is 0.799. The maximum Gasteiger partial charge on any atom is 0.227 e. The Morgan fingerprint density at radius 1 is 1.29 bits per heavy atom. The maximum absolute atomic E-state index is 12.9. The van der Waals surface area contributed by atoms with Crippen molar-refractivity contribution in [3.63, 3.8) is 0 Å². The number of rotatable bonds is 8. The molecule has 0 saturated carbocycles. The van der Waals surface area contributed by atoms with Crippen molar-refractivity contribution in [3.05, 3.63) is 35.6 Å². The van der Waals surface area contributed by atoms with Crippen LogP contribution in [0.3, 0.4) is 0 Å². The third kappa shape index (κ3) is 5.95. The minimum Gasteiger partial charge on any atom is -0.341 e. The molecule has 0 bridgehead atoms. The van der Waals surface area contributed by atoms with Crippen LogP contribution in [0.2, 0.25) is 0 Å². The summed E-state index contributed by atoms with van der Waals surface area (Å²) in [4.78, 5) is 14.2. The Morgan fingerprint density at radius 2 is 1.90 bits per heavy atom. The van der Waals surface area contributed by atoms with E-state index in [1.807, 2.05) is 0 Å². The fraction of sp³-hybridized carbons (Fsp3) is 0.529. The molecule has 0 heterocycles. The quantitative estimate of drug-likeness (QED) is 0.735. The number of halogens is 1. The zero-order chi connectivity index (χ0) is 15.7. The average Bonchev–Trinajstić information content (AvgIpc) is 2.50. The lowest BCUT2D eigenvalue weighted by Crippen LogP contribution is -2.37. The Kier molecular flexibility index (Phi) is 7.45. The third-order valence-electron chi connectivity index (χ3n) is 3.75. The molecule has 0 unspecified atom stereocenters. The van der Waals surface area contributed by atoms with Gasteiger partial charge in [0.1, 0.15) is 5.82 Å². The van der Waals surface area contributed by atoms with Crippen molar-refractivity contribution in [2.24, 2.45) is 5.92 Å². The lowest BCUT2D eigenvalue weighted by Gasteiger charge is -2.26. The van der Waals surface area contributed by atoms with Crippen LogP contribution in [0.25, 0.3) is 0 Å². The zero-order valence-electron chi connectivity index (χ0n) is 12.8. The van der Waals surface area contributed by atoms with Crippen molar-refractivity contribution in [1.29, 1.82) is 5.26 Å². The molecule has 114 valence electrons. The van der Waals surface area contributed by atoms with Gasteiger partial charge in [-0.15, -0.1) is 0 Å². The Morgan fingerprint density at radius 3 is 2.43 bits per heavy atom. The number of benzene rings is 1. The predicted molar refractivity (Wildman–Crippen MR) is 81.0 cm³/mol. The standard InChI is InChI=1S/C17H23FN2O/c1-3-14(4-2)13-20(11-5-10-19)17(21)12-15-6-8-16(18)9-7-15/h6-9,14H,3-5,11-13H2,1-2H3. The summed E-state index contributed by atoms with van der Waals surface area (Å²) in [6.45, 7) is 5.38. The van der Waals surface area contributed by atoms with E-state index in [4.69, 9.17) is 5.26 Å². The van der Waals surface area contributed by atoms with Crippen LogP contribution in [-0.2, 0) is 11.2 Å². The van der Waals surface area contributed by atoms with Gasteiger partial charge in [-0.1, -0.05) is 38.8 Å². The number of carbonyl (C=O) groups excluding carboxylic acids is 1. The van der Waals surface area contributed by atoms with E-state index in [-0.39, 0.29) is 18.1 Å². The van der Waals surface area contributed by atoms with Gasteiger partial charge in [-0.05, 0) is 23.6 Å². The van der Waals surface area contributed by atoms with Gasteiger partial charge in [-0.2, -0.15) is 5.26 Å². The van der Waals surface area contributed by atoms with Crippen LogP contribution < -0.4 is 0 Å². The molecule has 0 aliphatic rings. The molecule has 0 aliphatic carbocycles. The van der Waals surface area contributed by atoms with Crippen LogP contribution in [0.15, 0.2) is 24.3 Å². The summed E-state index contributed by atoms with van der Waals surface area (Å²) in [6, 6.07) is 8.08. The van der Waals surface area contributed by atoms with E-state index in [0.717, 1.165) is 18.4 Å². The van der Waals surface area contributed by atoms with Gasteiger partial charge >= 0.3 is 0 Å². The second-order valence-corrected chi connectivity index (χ2v) is 5.23. The molecule has 21 heavy (non-hydrogen) atoms. The minimum absolute atomic E-state index is 0.00348. The molecule has 0 aliphatic heterocycles. The molecular weight excluding hydrogens is 267 g/mol. The number of hydrogen-bond acceptors (Lipinski definition) is 2. The van der Waals surface area contributed by atoms with Crippen molar-refractivity contribution >= 4 is 5.91 Å². The highest BCUT2D eigenvalue weighted by Gasteiger charge is 2.17. The number of carbonyl (C=O) groups is 1. The van der Waals surface area contributed by atoms with E-state index < -0.39 is 0 Å². The van der Waals surface area contributed by atoms with Gasteiger partial charge < -0.3 is 4.90 Å². The van der Waals surface area contributed by atoms with Crippen LogP contribution in [-0.4, -0.2) is 23.9 Å². The highest BCUT2D eigenvalue weighted by atomic mass is 19.1. The molecular formula is C17H23FN2O. The lowest BCUT2D eigenvalue weighted by molar-refractivity contribution is -0.131. The minimum atomic E-state index is -0.301. The fourth-order valence-electron chi connectivity index (χ4n) is 2.25. The molecule has 0 radical (unpaired) electrons. The Labute approximate surface area is 126 Å². The van der Waals surface area contributed by atoms with Crippen LogP contribution in [0.4, 0.5) is 4.39 Å². The van der Waals surface area contributed by atoms with Crippen molar-refractivity contribution in [2.75, 3.05) is 13.1 Å². The molecule has 0 saturated heterocycles. The Balaban J connectivity index is 2.69. The van der Waals surface area contributed by atoms with Crippen molar-refractivity contribution < 1.29 is 9.18 Å². The molecule has 0 atom stereocenters. The van der Waals surface area contributed by atoms with E-state index >= 15 is 0 Å². The third-order valence-corrected chi connectivity index (χ3v) is 3.75. The van der Waals surface area contributed by atoms with Crippen LogP contribution >= 0.6 is 0 Å². The molecule has 0 aromatic heterocycles. The number of hydrogen-bond donors (Lipinski definition) is 0. The van der Waals surface area contributed by atoms with Gasteiger partial charge in [0.15, 0.2) is 0 Å². The van der Waals surface area contributed by atoms with Crippen molar-refractivity contribution in [3.8, 4) is 6.07 Å². The summed E-state index contributed by atoms with van der Waals surface area (Å²) in [6.07, 6.45) is 2.63. The van der Waals surface area contributed by atoms with Gasteiger partial charge in [-0.25, -0.2) is 4.39 Å². The summed E-state index contributed by atoms with van der Waals surface area (Å²) in [5.74, 6) is 0.161. The van der Waals surface area contributed by atoms with Crippen LogP contribution in [0, 0.1) is 23.1 Å². The summed E-state index contributed by atoms with van der Waals surface area (Å²) >= 11 is 0. The van der Waals surface area contributed by atoms with Gasteiger partial charge in [0.25, 0.3) is 0 Å². The first-order valence-corrected chi connectivity index (χ1v) is 7.49. The van der Waals surface area contributed by atoms with Crippen LogP contribution in [0.5, 0.6) is 0 Å². The van der Waals surface area contributed by atoms with Crippen LogP contribution in [0.1, 0.15) is 38.7 Å². The number of amides is 1. The van der Waals surface area contributed by atoms with Crippen molar-refractivity contribution in [2.45, 2.75) is 39.5 Å². The van der Waals surface area contributed by atoms with Gasteiger partial charge in [0.2, 0.25) is 5.91 Å².